The number of hydrogen-bond acceptors (Lipinski definition) is 5. The Balaban J connectivity index is 2.22. The zero-order chi connectivity index (χ0) is 14.8. The minimum absolute atomic E-state index is 0.0701. The molecule has 0 saturated carbocycles. The van der Waals surface area contributed by atoms with Gasteiger partial charge in [0, 0.05) is 32.9 Å². The fraction of sp³-hybridized carbons (Fsp3) is 0.750. The van der Waals surface area contributed by atoms with Crippen LogP contribution in [0.1, 0.15) is 19.8 Å². The normalized spacial score (nSPS) is 21.2. The molecule has 1 saturated heterocycles. The molecule has 1 aliphatic heterocycles. The van der Waals surface area contributed by atoms with Gasteiger partial charge in [0.1, 0.15) is 4.90 Å². The van der Waals surface area contributed by atoms with E-state index in [-0.39, 0.29) is 16.6 Å². The Hall–Kier alpha value is -1.12. The SMILES string of the molecule is CCn1cc(S(=O)(=O)N2CCCC(COC)C2)c(N)n1. The van der Waals surface area contributed by atoms with Gasteiger partial charge in [0.15, 0.2) is 5.82 Å². The highest BCUT2D eigenvalue weighted by molar-refractivity contribution is 7.89. The molecule has 2 heterocycles. The van der Waals surface area contributed by atoms with Gasteiger partial charge in [-0.1, -0.05) is 0 Å². The number of piperidine rings is 1. The zero-order valence-corrected chi connectivity index (χ0v) is 12.8. The van der Waals surface area contributed by atoms with Crippen molar-refractivity contribution in [3.05, 3.63) is 6.20 Å². The lowest BCUT2D eigenvalue weighted by Gasteiger charge is -2.31. The summed E-state index contributed by atoms with van der Waals surface area (Å²) in [5.74, 6) is 0.312. The van der Waals surface area contributed by atoms with E-state index in [1.165, 1.54) is 10.5 Å². The van der Waals surface area contributed by atoms with E-state index in [1.807, 2.05) is 6.92 Å². The van der Waals surface area contributed by atoms with Gasteiger partial charge in [-0.3, -0.25) is 4.68 Å². The Kier molecular flexibility index (Phi) is 4.66. The molecule has 0 aliphatic carbocycles. The van der Waals surface area contributed by atoms with Crippen molar-refractivity contribution in [1.82, 2.24) is 14.1 Å². The number of aromatic nitrogens is 2. The molecule has 0 bridgehead atoms. The predicted molar refractivity (Wildman–Crippen MR) is 75.7 cm³/mol. The highest BCUT2D eigenvalue weighted by atomic mass is 32.2. The number of rotatable bonds is 5. The van der Waals surface area contributed by atoms with E-state index >= 15 is 0 Å². The molecular formula is C12H22N4O3S. The van der Waals surface area contributed by atoms with Gasteiger partial charge in [0.25, 0.3) is 0 Å². The molecule has 7 nitrogen and oxygen atoms in total. The van der Waals surface area contributed by atoms with Gasteiger partial charge >= 0.3 is 0 Å². The second-order valence-corrected chi connectivity index (χ2v) is 6.97. The molecule has 1 aliphatic rings. The molecule has 0 spiro atoms. The van der Waals surface area contributed by atoms with Crippen LogP contribution in [-0.4, -0.2) is 49.3 Å². The third-order valence-corrected chi connectivity index (χ3v) is 5.46. The lowest BCUT2D eigenvalue weighted by atomic mass is 10.0. The summed E-state index contributed by atoms with van der Waals surface area (Å²) in [6.07, 6.45) is 3.34. The first-order valence-corrected chi connectivity index (χ1v) is 8.25. The zero-order valence-electron chi connectivity index (χ0n) is 11.9. The average Bonchev–Trinajstić information content (AvgIpc) is 2.81. The van der Waals surface area contributed by atoms with Crippen LogP contribution in [0.4, 0.5) is 5.82 Å². The van der Waals surface area contributed by atoms with Crippen LogP contribution in [0.15, 0.2) is 11.1 Å². The number of sulfonamides is 1. The van der Waals surface area contributed by atoms with Crippen LogP contribution in [0.5, 0.6) is 0 Å². The molecule has 0 aromatic carbocycles. The fourth-order valence-corrected chi connectivity index (χ4v) is 4.15. The number of nitrogens with zero attached hydrogens (tertiary/aromatic N) is 3. The first-order chi connectivity index (χ1) is 9.48. The quantitative estimate of drug-likeness (QED) is 0.857. The largest absolute Gasteiger partial charge is 0.384 e. The van der Waals surface area contributed by atoms with Crippen molar-refractivity contribution in [1.29, 1.82) is 0 Å². The second kappa shape index (κ2) is 6.11. The maximum absolute atomic E-state index is 12.6. The van der Waals surface area contributed by atoms with Crippen LogP contribution in [-0.2, 0) is 21.3 Å². The van der Waals surface area contributed by atoms with Gasteiger partial charge in [-0.25, -0.2) is 8.42 Å². The van der Waals surface area contributed by atoms with E-state index < -0.39 is 10.0 Å². The standard InChI is InChI=1S/C12H22N4O3S/c1-3-15-8-11(12(13)14-15)20(17,18)16-6-4-5-10(7-16)9-19-2/h8,10H,3-7,9H2,1-2H3,(H2,13,14). The molecule has 2 rings (SSSR count). The van der Waals surface area contributed by atoms with Crippen LogP contribution < -0.4 is 5.73 Å². The van der Waals surface area contributed by atoms with E-state index in [1.54, 1.807) is 11.8 Å². The summed E-state index contributed by atoms with van der Waals surface area (Å²) in [6, 6.07) is 0. The summed E-state index contributed by atoms with van der Waals surface area (Å²) in [6.45, 7) is 4.06. The fourth-order valence-electron chi connectivity index (χ4n) is 2.53. The molecule has 20 heavy (non-hydrogen) atoms. The summed E-state index contributed by atoms with van der Waals surface area (Å²) in [5.41, 5.74) is 5.74. The van der Waals surface area contributed by atoms with Crippen LogP contribution in [0.2, 0.25) is 0 Å². The van der Waals surface area contributed by atoms with Gasteiger partial charge in [0.2, 0.25) is 10.0 Å². The van der Waals surface area contributed by atoms with Crippen molar-refractivity contribution in [2.24, 2.45) is 5.92 Å². The molecule has 0 amide bonds. The predicted octanol–water partition coefficient (Wildman–Crippen LogP) is 0.532. The summed E-state index contributed by atoms with van der Waals surface area (Å²) in [4.78, 5) is 0.109. The smallest absolute Gasteiger partial charge is 0.248 e. The summed E-state index contributed by atoms with van der Waals surface area (Å²) in [7, 11) is -1.93. The first-order valence-electron chi connectivity index (χ1n) is 6.81. The number of anilines is 1. The summed E-state index contributed by atoms with van der Waals surface area (Å²) >= 11 is 0. The minimum Gasteiger partial charge on any atom is -0.384 e. The number of methoxy groups -OCH3 is 1. The Morgan fingerprint density at radius 2 is 2.30 bits per heavy atom. The maximum atomic E-state index is 12.6. The summed E-state index contributed by atoms with van der Waals surface area (Å²) in [5, 5.41) is 4.01. The first kappa shape index (κ1) is 15.3. The molecule has 8 heteroatoms. The Labute approximate surface area is 119 Å². The van der Waals surface area contributed by atoms with E-state index in [9.17, 15) is 8.42 Å². The van der Waals surface area contributed by atoms with Crippen molar-refractivity contribution >= 4 is 15.8 Å². The van der Waals surface area contributed by atoms with Crippen molar-refractivity contribution in [3.8, 4) is 0 Å². The Bertz CT molecular complexity index is 553. The number of hydrogen-bond donors (Lipinski definition) is 1. The number of ether oxygens (including phenoxy) is 1. The second-order valence-electron chi connectivity index (χ2n) is 5.06. The van der Waals surface area contributed by atoms with E-state index in [0.717, 1.165) is 12.8 Å². The Morgan fingerprint density at radius 1 is 1.55 bits per heavy atom. The highest BCUT2D eigenvalue weighted by Gasteiger charge is 2.32. The molecule has 114 valence electrons. The van der Waals surface area contributed by atoms with Crippen molar-refractivity contribution in [3.63, 3.8) is 0 Å². The molecule has 1 unspecified atom stereocenters. The average molecular weight is 302 g/mol. The highest BCUT2D eigenvalue weighted by Crippen LogP contribution is 2.26. The maximum Gasteiger partial charge on any atom is 0.248 e. The van der Waals surface area contributed by atoms with Gasteiger partial charge < -0.3 is 10.5 Å². The van der Waals surface area contributed by atoms with E-state index in [4.69, 9.17) is 10.5 Å². The van der Waals surface area contributed by atoms with Crippen molar-refractivity contribution in [2.75, 3.05) is 32.5 Å². The molecule has 1 aromatic heterocycles. The lowest BCUT2D eigenvalue weighted by molar-refractivity contribution is 0.118. The summed E-state index contributed by atoms with van der Waals surface area (Å²) < 4.78 is 33.4. The molecule has 1 fully saturated rings. The van der Waals surface area contributed by atoms with E-state index in [0.29, 0.717) is 26.2 Å². The van der Waals surface area contributed by atoms with E-state index in [2.05, 4.69) is 5.10 Å². The topological polar surface area (TPSA) is 90.5 Å². The number of nitrogens with two attached hydrogens (primary N) is 1. The van der Waals surface area contributed by atoms with Gasteiger partial charge in [0.05, 0.1) is 6.61 Å². The number of aryl methyl sites for hydroxylation is 1. The van der Waals surface area contributed by atoms with Gasteiger partial charge in [-0.15, -0.1) is 0 Å². The molecule has 0 radical (unpaired) electrons. The molecular weight excluding hydrogens is 280 g/mol. The monoisotopic (exact) mass is 302 g/mol. The van der Waals surface area contributed by atoms with Crippen molar-refractivity contribution in [2.45, 2.75) is 31.2 Å². The Morgan fingerprint density at radius 3 is 2.90 bits per heavy atom. The molecule has 1 atom stereocenters. The molecule has 1 aromatic rings. The van der Waals surface area contributed by atoms with Crippen LogP contribution in [0.3, 0.4) is 0 Å². The van der Waals surface area contributed by atoms with Crippen LogP contribution in [0, 0.1) is 5.92 Å². The van der Waals surface area contributed by atoms with Gasteiger partial charge in [-0.05, 0) is 25.7 Å². The minimum atomic E-state index is -3.56. The van der Waals surface area contributed by atoms with Gasteiger partial charge in [-0.2, -0.15) is 9.40 Å². The number of nitrogen functional groups attached to an aromatic ring is 1. The third-order valence-electron chi connectivity index (χ3n) is 3.58. The third kappa shape index (κ3) is 2.97. The lowest BCUT2D eigenvalue weighted by Crippen LogP contribution is -2.41. The molecule has 2 N–H and O–H groups in total. The van der Waals surface area contributed by atoms with Crippen LogP contribution >= 0.6 is 0 Å². The van der Waals surface area contributed by atoms with Crippen LogP contribution in [0.25, 0.3) is 0 Å². The van der Waals surface area contributed by atoms with Crippen molar-refractivity contribution < 1.29 is 13.2 Å².